The third-order valence-corrected chi connectivity index (χ3v) is 2.23. The Morgan fingerprint density at radius 2 is 1.21 bits per heavy atom. The molecule has 0 saturated carbocycles. The van der Waals surface area contributed by atoms with E-state index in [9.17, 15) is 35.5 Å². The summed E-state index contributed by atoms with van der Waals surface area (Å²) in [5, 5.41) is 8.17. The van der Waals surface area contributed by atoms with Crippen molar-refractivity contribution in [1.29, 1.82) is 0 Å². The van der Waals surface area contributed by atoms with Crippen LogP contribution < -0.4 is 0 Å². The van der Waals surface area contributed by atoms with Gasteiger partial charge in [0.05, 0.1) is 0 Å². The van der Waals surface area contributed by atoms with E-state index in [0.717, 1.165) is 0 Å². The quantitative estimate of drug-likeness (QED) is 0.865. The molecular weight excluding hydrogens is 285 g/mol. The lowest BCUT2D eigenvalue weighted by Gasteiger charge is -2.20. The Labute approximate surface area is 101 Å². The Hall–Kier alpha value is -1.80. The van der Waals surface area contributed by atoms with Crippen molar-refractivity contribution in [2.24, 2.45) is 0 Å². The zero-order chi connectivity index (χ0) is 15.1. The lowest BCUT2D eigenvalue weighted by Crippen LogP contribution is -2.33. The number of carbonyl (C=O) groups is 1. The number of alkyl halides is 7. The van der Waals surface area contributed by atoms with Crippen molar-refractivity contribution in [3.05, 3.63) is 35.4 Å². The molecule has 106 valence electrons. The summed E-state index contributed by atoms with van der Waals surface area (Å²) < 4.78 is 87.5. The van der Waals surface area contributed by atoms with Gasteiger partial charge in [-0.1, -0.05) is 24.3 Å². The van der Waals surface area contributed by atoms with Gasteiger partial charge in [-0.15, -0.1) is 0 Å². The minimum Gasteiger partial charge on any atom is -0.477 e. The van der Waals surface area contributed by atoms with Crippen LogP contribution in [0, 0.1) is 0 Å². The number of benzene rings is 1. The number of aliphatic carboxylic acids is 1. The largest absolute Gasteiger partial charge is 0.477 e. The van der Waals surface area contributed by atoms with E-state index < -0.39 is 35.1 Å². The normalized spacial score (nSPS) is 13.4. The Morgan fingerprint density at radius 3 is 1.53 bits per heavy atom. The van der Waals surface area contributed by atoms with Crippen LogP contribution in [-0.4, -0.2) is 17.3 Å². The molecule has 0 aromatic heterocycles. The SMILES string of the molecule is O=C(O)C(F)(F)c1ccc(C(F)(F)C(F)(F)F)cc1. The Kier molecular flexibility index (Phi) is 3.53. The highest BCUT2D eigenvalue weighted by Gasteiger charge is 2.58. The van der Waals surface area contributed by atoms with Crippen LogP contribution in [0.3, 0.4) is 0 Å². The van der Waals surface area contributed by atoms with Gasteiger partial charge in [0.25, 0.3) is 0 Å². The molecule has 0 saturated heterocycles. The lowest BCUT2D eigenvalue weighted by molar-refractivity contribution is -0.289. The van der Waals surface area contributed by atoms with Gasteiger partial charge in [0, 0.05) is 11.1 Å². The number of carboxylic acid groups (broad SMARTS) is 1. The summed E-state index contributed by atoms with van der Waals surface area (Å²) in [5.41, 5.74) is -2.74. The molecule has 1 aromatic carbocycles. The number of hydrogen-bond donors (Lipinski definition) is 1. The Morgan fingerprint density at radius 1 is 0.842 bits per heavy atom. The summed E-state index contributed by atoms with van der Waals surface area (Å²) in [6.07, 6.45) is -5.87. The van der Waals surface area contributed by atoms with Crippen LogP contribution >= 0.6 is 0 Å². The van der Waals surface area contributed by atoms with Crippen molar-refractivity contribution in [1.82, 2.24) is 0 Å². The van der Waals surface area contributed by atoms with Gasteiger partial charge < -0.3 is 5.11 Å². The van der Waals surface area contributed by atoms with Crippen LogP contribution in [0.4, 0.5) is 30.7 Å². The molecule has 0 amide bonds. The molecular formula is C10H5F7O2. The highest BCUT2D eigenvalue weighted by Crippen LogP contribution is 2.44. The number of carboxylic acids is 1. The van der Waals surface area contributed by atoms with Gasteiger partial charge in [0.2, 0.25) is 0 Å². The zero-order valence-electron chi connectivity index (χ0n) is 8.81. The Balaban J connectivity index is 3.18. The summed E-state index contributed by atoms with van der Waals surface area (Å²) in [5.74, 6) is -12.1. The standard InChI is InChI=1S/C10H5F7O2/c11-8(12,7(18)19)5-1-3-6(4-2-5)9(13,14)10(15,16)17/h1-4H,(H,18,19). The maximum atomic E-state index is 12.9. The van der Waals surface area contributed by atoms with E-state index >= 15 is 0 Å². The van der Waals surface area contributed by atoms with Crippen molar-refractivity contribution in [2.45, 2.75) is 18.0 Å². The van der Waals surface area contributed by atoms with Gasteiger partial charge in [0.1, 0.15) is 0 Å². The van der Waals surface area contributed by atoms with E-state index in [2.05, 4.69) is 0 Å². The van der Waals surface area contributed by atoms with E-state index in [1.165, 1.54) is 0 Å². The average Bonchev–Trinajstić information content (AvgIpc) is 2.27. The first-order chi connectivity index (χ1) is 8.40. The molecule has 9 heteroatoms. The highest BCUT2D eigenvalue weighted by molar-refractivity contribution is 5.77. The maximum Gasteiger partial charge on any atom is 0.458 e. The molecule has 19 heavy (non-hydrogen) atoms. The summed E-state index contributed by atoms with van der Waals surface area (Å²) in [7, 11) is 0. The predicted octanol–water partition coefficient (Wildman–Crippen LogP) is 3.52. The third kappa shape index (κ3) is 2.64. The monoisotopic (exact) mass is 290 g/mol. The van der Waals surface area contributed by atoms with Gasteiger partial charge in [-0.2, -0.15) is 30.7 Å². The summed E-state index contributed by atoms with van der Waals surface area (Å²) in [6.45, 7) is 0. The van der Waals surface area contributed by atoms with Crippen molar-refractivity contribution >= 4 is 5.97 Å². The summed E-state index contributed by atoms with van der Waals surface area (Å²) >= 11 is 0. The molecule has 0 unspecified atom stereocenters. The number of hydrogen-bond acceptors (Lipinski definition) is 1. The highest BCUT2D eigenvalue weighted by atomic mass is 19.4. The fourth-order valence-electron chi connectivity index (χ4n) is 1.18. The van der Waals surface area contributed by atoms with Gasteiger partial charge >= 0.3 is 24.0 Å². The minimum absolute atomic E-state index is 0.111. The molecule has 0 atom stereocenters. The van der Waals surface area contributed by atoms with Gasteiger partial charge in [-0.3, -0.25) is 0 Å². The molecule has 1 aromatic rings. The fraction of sp³-hybridized carbons (Fsp3) is 0.300. The zero-order valence-corrected chi connectivity index (χ0v) is 8.81. The molecule has 0 radical (unpaired) electrons. The summed E-state index contributed by atoms with van der Waals surface area (Å²) in [4.78, 5) is 10.2. The van der Waals surface area contributed by atoms with Gasteiger partial charge in [0.15, 0.2) is 0 Å². The Bertz CT molecular complexity index is 476. The predicted molar refractivity (Wildman–Crippen MR) is 47.9 cm³/mol. The number of halogens is 7. The van der Waals surface area contributed by atoms with Crippen molar-refractivity contribution in [2.75, 3.05) is 0 Å². The first kappa shape index (κ1) is 15.3. The molecule has 0 aliphatic carbocycles. The minimum atomic E-state index is -5.87. The van der Waals surface area contributed by atoms with Crippen LogP contribution in [-0.2, 0) is 16.6 Å². The summed E-state index contributed by atoms with van der Waals surface area (Å²) in [6, 6.07) is 0.644. The smallest absolute Gasteiger partial charge is 0.458 e. The van der Waals surface area contributed by atoms with E-state index in [1.54, 1.807) is 0 Å². The molecule has 1 N–H and O–H groups in total. The van der Waals surface area contributed by atoms with Gasteiger partial charge in [-0.05, 0) is 0 Å². The van der Waals surface area contributed by atoms with Crippen LogP contribution in [0.1, 0.15) is 11.1 Å². The van der Waals surface area contributed by atoms with Crippen LogP contribution in [0.5, 0.6) is 0 Å². The van der Waals surface area contributed by atoms with Crippen LogP contribution in [0.15, 0.2) is 24.3 Å². The van der Waals surface area contributed by atoms with Gasteiger partial charge in [-0.25, -0.2) is 4.79 Å². The molecule has 0 heterocycles. The van der Waals surface area contributed by atoms with E-state index in [4.69, 9.17) is 5.11 Å². The topological polar surface area (TPSA) is 37.3 Å². The van der Waals surface area contributed by atoms with Crippen LogP contribution in [0.2, 0.25) is 0 Å². The second kappa shape index (κ2) is 4.39. The second-order valence-corrected chi connectivity index (χ2v) is 3.53. The molecule has 0 bridgehead atoms. The van der Waals surface area contributed by atoms with E-state index in [-0.39, 0.29) is 24.3 Å². The molecule has 0 aliphatic heterocycles. The lowest BCUT2D eigenvalue weighted by atomic mass is 10.0. The first-order valence-electron chi connectivity index (χ1n) is 4.57. The van der Waals surface area contributed by atoms with E-state index in [1.807, 2.05) is 0 Å². The van der Waals surface area contributed by atoms with E-state index in [0.29, 0.717) is 0 Å². The van der Waals surface area contributed by atoms with Crippen LogP contribution in [0.25, 0.3) is 0 Å². The number of rotatable bonds is 3. The van der Waals surface area contributed by atoms with Crippen molar-refractivity contribution in [3.63, 3.8) is 0 Å². The average molecular weight is 290 g/mol. The third-order valence-electron chi connectivity index (χ3n) is 2.23. The molecule has 1 rings (SSSR count). The maximum absolute atomic E-state index is 12.9. The molecule has 2 nitrogen and oxygen atoms in total. The molecule has 0 aliphatic rings. The fourth-order valence-corrected chi connectivity index (χ4v) is 1.18. The molecule has 0 spiro atoms. The van der Waals surface area contributed by atoms with Crippen molar-refractivity contribution in [3.8, 4) is 0 Å². The first-order valence-corrected chi connectivity index (χ1v) is 4.57. The molecule has 0 fully saturated rings. The second-order valence-electron chi connectivity index (χ2n) is 3.53. The van der Waals surface area contributed by atoms with Crippen molar-refractivity contribution < 1.29 is 40.6 Å².